The maximum Gasteiger partial charge on any atom is 0.0843 e. The van der Waals surface area contributed by atoms with E-state index in [1.807, 2.05) is 0 Å². The van der Waals surface area contributed by atoms with E-state index in [4.69, 9.17) is 0 Å². The molecule has 2 rings (SSSR count). The molecule has 0 spiro atoms. The van der Waals surface area contributed by atoms with Crippen LogP contribution in [0.15, 0.2) is 14.3 Å². The molecule has 0 saturated heterocycles. The molecule has 0 unspecified atom stereocenters. The number of hydrogen-bond donors (Lipinski definition) is 1. The van der Waals surface area contributed by atoms with E-state index in [1.165, 1.54) is 21.5 Å². The molecule has 0 amide bonds. The summed E-state index contributed by atoms with van der Waals surface area (Å²) in [5.41, 5.74) is 0. The van der Waals surface area contributed by atoms with E-state index < -0.39 is 0 Å². The second-order valence-electron chi connectivity index (χ2n) is 4.22. The third-order valence-corrected chi connectivity index (χ3v) is 6.06. The molecule has 0 aliphatic heterocycles. The Labute approximate surface area is 118 Å². The predicted molar refractivity (Wildman–Crippen MR) is 77.1 cm³/mol. The van der Waals surface area contributed by atoms with Gasteiger partial charge in [-0.15, -0.1) is 11.3 Å². The first kappa shape index (κ1) is 13.0. The van der Waals surface area contributed by atoms with E-state index in [0.717, 1.165) is 30.1 Å². The second-order valence-corrected chi connectivity index (χ2v) is 7.53. The van der Waals surface area contributed by atoms with Crippen LogP contribution in [-0.2, 0) is 6.54 Å². The highest BCUT2D eigenvalue weighted by Crippen LogP contribution is 2.32. The molecule has 5 heteroatoms. The molecule has 0 atom stereocenters. The van der Waals surface area contributed by atoms with E-state index >= 15 is 0 Å². The first-order chi connectivity index (χ1) is 7.66. The van der Waals surface area contributed by atoms with Crippen LogP contribution >= 0.6 is 43.2 Å². The van der Waals surface area contributed by atoms with E-state index in [-0.39, 0.29) is 0 Å². The van der Waals surface area contributed by atoms with Gasteiger partial charge in [0, 0.05) is 35.0 Å². The number of thiophene rings is 1. The Kier molecular flexibility index (Phi) is 4.85. The largest absolute Gasteiger partial charge is 0.311 e. The zero-order valence-corrected chi connectivity index (χ0v) is 13.3. The normalized spacial score (nSPS) is 16.0. The van der Waals surface area contributed by atoms with Crippen LogP contribution in [0.3, 0.4) is 0 Å². The maximum atomic E-state index is 3.51. The van der Waals surface area contributed by atoms with Crippen molar-refractivity contribution in [2.24, 2.45) is 0 Å². The third-order valence-electron chi connectivity index (χ3n) is 2.81. The molecule has 1 aromatic heterocycles. The van der Waals surface area contributed by atoms with Gasteiger partial charge in [-0.25, -0.2) is 0 Å². The van der Waals surface area contributed by atoms with Crippen molar-refractivity contribution in [2.45, 2.75) is 25.4 Å². The summed E-state index contributed by atoms with van der Waals surface area (Å²) in [6.45, 7) is 3.19. The van der Waals surface area contributed by atoms with Gasteiger partial charge in [-0.1, -0.05) is 0 Å². The molecule has 0 radical (unpaired) electrons. The highest BCUT2D eigenvalue weighted by Gasteiger charge is 2.25. The molecule has 0 aromatic carbocycles. The third kappa shape index (κ3) is 3.81. The number of nitrogens with one attached hydrogen (secondary N) is 1. The van der Waals surface area contributed by atoms with E-state index in [2.05, 4.69) is 55.2 Å². The molecule has 2 nitrogen and oxygen atoms in total. The van der Waals surface area contributed by atoms with E-state index in [1.54, 1.807) is 11.3 Å². The summed E-state index contributed by atoms with van der Waals surface area (Å²) in [7, 11) is 2.22. The average molecular weight is 368 g/mol. The lowest BCUT2D eigenvalue weighted by atomic mass is 10.4. The number of nitrogens with zero attached hydrogens (tertiary/aromatic N) is 1. The number of rotatable bonds is 6. The fourth-order valence-corrected chi connectivity index (χ4v) is 3.79. The Balaban J connectivity index is 1.63. The van der Waals surface area contributed by atoms with Crippen molar-refractivity contribution < 1.29 is 0 Å². The fraction of sp³-hybridized carbons (Fsp3) is 0.636. The maximum absolute atomic E-state index is 3.51. The van der Waals surface area contributed by atoms with Gasteiger partial charge in [0.1, 0.15) is 0 Å². The van der Waals surface area contributed by atoms with Gasteiger partial charge >= 0.3 is 0 Å². The molecule has 1 heterocycles. The molecular formula is C11H16Br2N2S. The monoisotopic (exact) mass is 366 g/mol. The van der Waals surface area contributed by atoms with Gasteiger partial charge in [-0.3, -0.25) is 0 Å². The molecule has 1 fully saturated rings. The summed E-state index contributed by atoms with van der Waals surface area (Å²) in [5.74, 6) is 0. The van der Waals surface area contributed by atoms with Crippen LogP contribution in [0.5, 0.6) is 0 Å². The first-order valence-electron chi connectivity index (χ1n) is 5.51. The SMILES string of the molecule is CN(CCNCc1cc(Br)c(Br)s1)C1CC1. The van der Waals surface area contributed by atoms with Crippen molar-refractivity contribution in [3.63, 3.8) is 0 Å². The smallest absolute Gasteiger partial charge is 0.0843 e. The van der Waals surface area contributed by atoms with Gasteiger partial charge in [-0.2, -0.15) is 0 Å². The van der Waals surface area contributed by atoms with Crippen LogP contribution in [0.25, 0.3) is 0 Å². The molecule has 1 aliphatic carbocycles. The lowest BCUT2D eigenvalue weighted by molar-refractivity contribution is 0.322. The number of halogens is 2. The van der Waals surface area contributed by atoms with E-state index in [9.17, 15) is 0 Å². The van der Waals surface area contributed by atoms with Gasteiger partial charge in [0.2, 0.25) is 0 Å². The zero-order chi connectivity index (χ0) is 11.5. The average Bonchev–Trinajstić information content (AvgIpc) is 3.03. The van der Waals surface area contributed by atoms with Gasteiger partial charge < -0.3 is 10.2 Å². The number of hydrogen-bond acceptors (Lipinski definition) is 3. The first-order valence-corrected chi connectivity index (χ1v) is 7.91. The quantitative estimate of drug-likeness (QED) is 0.774. The van der Waals surface area contributed by atoms with Crippen LogP contribution in [0.2, 0.25) is 0 Å². The summed E-state index contributed by atoms with van der Waals surface area (Å²) in [5, 5.41) is 3.48. The zero-order valence-electron chi connectivity index (χ0n) is 9.30. The Morgan fingerprint density at radius 3 is 2.81 bits per heavy atom. The van der Waals surface area contributed by atoms with Gasteiger partial charge in [0.05, 0.1) is 3.79 Å². The second kappa shape index (κ2) is 5.96. The summed E-state index contributed by atoms with van der Waals surface area (Å²) in [6.07, 6.45) is 2.78. The topological polar surface area (TPSA) is 15.3 Å². The summed E-state index contributed by atoms with van der Waals surface area (Å²) in [6, 6.07) is 3.04. The Bertz CT molecular complexity index is 330. The Morgan fingerprint density at radius 1 is 1.50 bits per heavy atom. The summed E-state index contributed by atoms with van der Waals surface area (Å²) >= 11 is 8.80. The van der Waals surface area contributed by atoms with Crippen LogP contribution in [0.4, 0.5) is 0 Å². The van der Waals surface area contributed by atoms with Crippen molar-refractivity contribution in [3.8, 4) is 0 Å². The van der Waals surface area contributed by atoms with Crippen molar-refractivity contribution in [3.05, 3.63) is 19.2 Å². The minimum Gasteiger partial charge on any atom is -0.311 e. The molecule has 1 aliphatic rings. The van der Waals surface area contributed by atoms with Gasteiger partial charge in [0.15, 0.2) is 0 Å². The van der Waals surface area contributed by atoms with E-state index in [0.29, 0.717) is 0 Å². The van der Waals surface area contributed by atoms with Crippen molar-refractivity contribution in [1.29, 1.82) is 0 Å². The van der Waals surface area contributed by atoms with Crippen LogP contribution in [0, 0.1) is 0 Å². The molecule has 1 saturated carbocycles. The van der Waals surface area contributed by atoms with Crippen molar-refractivity contribution >= 4 is 43.2 Å². The van der Waals surface area contributed by atoms with Crippen LogP contribution < -0.4 is 5.32 Å². The summed E-state index contributed by atoms with van der Waals surface area (Å²) < 4.78 is 2.34. The van der Waals surface area contributed by atoms with Crippen molar-refractivity contribution in [1.82, 2.24) is 10.2 Å². The molecule has 90 valence electrons. The molecule has 1 aromatic rings. The fourth-order valence-electron chi connectivity index (χ4n) is 1.64. The molecular weight excluding hydrogens is 352 g/mol. The molecule has 0 bridgehead atoms. The molecule has 1 N–H and O–H groups in total. The lowest BCUT2D eigenvalue weighted by Gasteiger charge is -2.15. The Hall–Kier alpha value is 0.580. The predicted octanol–water partition coefficient (Wildman–Crippen LogP) is 3.46. The standard InChI is InChI=1S/C11H16Br2N2S/c1-15(8-2-3-8)5-4-14-7-9-6-10(12)11(13)16-9/h6,8,14H,2-5,7H2,1H3. The van der Waals surface area contributed by atoms with Crippen molar-refractivity contribution in [2.75, 3.05) is 20.1 Å². The highest BCUT2D eigenvalue weighted by atomic mass is 79.9. The van der Waals surface area contributed by atoms with Crippen LogP contribution in [-0.4, -0.2) is 31.1 Å². The number of likely N-dealkylation sites (N-methyl/N-ethyl adjacent to an activating group) is 1. The lowest BCUT2D eigenvalue weighted by Crippen LogP contribution is -2.30. The molecule has 16 heavy (non-hydrogen) atoms. The minimum atomic E-state index is 0.867. The Morgan fingerprint density at radius 2 is 2.25 bits per heavy atom. The highest BCUT2D eigenvalue weighted by molar-refractivity contribution is 9.13. The summed E-state index contributed by atoms with van der Waals surface area (Å²) in [4.78, 5) is 3.82. The minimum absolute atomic E-state index is 0.867. The van der Waals surface area contributed by atoms with Gasteiger partial charge in [-0.05, 0) is 57.8 Å². The van der Waals surface area contributed by atoms with Gasteiger partial charge in [0.25, 0.3) is 0 Å². The van der Waals surface area contributed by atoms with Crippen LogP contribution in [0.1, 0.15) is 17.7 Å².